The second-order valence-corrected chi connectivity index (χ2v) is 17.5. The van der Waals surface area contributed by atoms with Crippen LogP contribution in [0.4, 0.5) is 5.69 Å². The van der Waals surface area contributed by atoms with E-state index in [1.54, 1.807) is 0 Å². The summed E-state index contributed by atoms with van der Waals surface area (Å²) in [6, 6.07) is 38.8. The first kappa shape index (κ1) is 37.9. The van der Waals surface area contributed by atoms with Gasteiger partial charge in [0, 0.05) is 17.6 Å². The van der Waals surface area contributed by atoms with Crippen LogP contribution in [-0.2, 0) is 16.2 Å². The van der Waals surface area contributed by atoms with Crippen LogP contribution in [0.5, 0.6) is 0 Å². The Morgan fingerprint density at radius 1 is 0.717 bits per heavy atom. The third kappa shape index (κ3) is 7.91. The molecule has 5 aromatic carbocycles. The van der Waals surface area contributed by atoms with Crippen LogP contribution in [0.1, 0.15) is 108 Å². The van der Waals surface area contributed by atoms with Gasteiger partial charge in [-0.05, 0) is 129 Å². The molecule has 0 saturated carbocycles. The van der Waals surface area contributed by atoms with Crippen LogP contribution in [0.15, 0.2) is 115 Å². The molecule has 0 fully saturated rings. The fourth-order valence-corrected chi connectivity index (χ4v) is 7.81. The summed E-state index contributed by atoms with van der Waals surface area (Å²) in [5, 5.41) is 13.0. The lowest BCUT2D eigenvalue weighted by Gasteiger charge is -2.47. The van der Waals surface area contributed by atoms with Crippen molar-refractivity contribution >= 4 is 11.5 Å². The van der Waals surface area contributed by atoms with Crippen molar-refractivity contribution < 1.29 is 0 Å². The molecular formula is C50H59N3. The highest BCUT2D eigenvalue weighted by molar-refractivity contribution is 5.83. The highest BCUT2D eigenvalue weighted by atomic mass is 15.3. The molecule has 1 aliphatic rings. The minimum absolute atomic E-state index is 0.0917. The Bertz CT molecular complexity index is 2040. The number of fused-ring (bicyclic) bond motifs is 1. The maximum atomic E-state index is 9.02. The van der Waals surface area contributed by atoms with Crippen molar-refractivity contribution in [1.29, 1.82) is 5.41 Å². The molecule has 0 saturated heterocycles. The molecule has 1 aliphatic heterocycles. The predicted octanol–water partition coefficient (Wildman–Crippen LogP) is 13.5. The largest absolute Gasteiger partial charge is 0.361 e. The smallest absolute Gasteiger partial charge is 0.127 e. The molecule has 53 heavy (non-hydrogen) atoms. The predicted molar refractivity (Wildman–Crippen MR) is 229 cm³/mol. The van der Waals surface area contributed by atoms with E-state index in [9.17, 15) is 0 Å². The number of amidine groups is 1. The lowest BCUT2D eigenvalue weighted by Crippen LogP contribution is -2.49. The molecule has 0 bridgehead atoms. The van der Waals surface area contributed by atoms with Crippen LogP contribution in [-0.4, -0.2) is 17.3 Å². The van der Waals surface area contributed by atoms with E-state index in [-0.39, 0.29) is 22.4 Å². The first-order valence-corrected chi connectivity index (χ1v) is 19.3. The molecule has 2 unspecified atom stereocenters. The summed E-state index contributed by atoms with van der Waals surface area (Å²) in [6.45, 7) is 25.1. The van der Waals surface area contributed by atoms with E-state index < -0.39 is 0 Å². The molecule has 0 spiro atoms. The van der Waals surface area contributed by atoms with Gasteiger partial charge in [-0.15, -0.1) is 0 Å². The van der Waals surface area contributed by atoms with Gasteiger partial charge in [0.05, 0.1) is 5.84 Å². The Morgan fingerprint density at radius 3 is 1.64 bits per heavy atom. The number of hydrogen-bond donors (Lipinski definition) is 2. The maximum absolute atomic E-state index is 9.02. The zero-order valence-electron chi connectivity index (χ0n) is 33.9. The topological polar surface area (TPSA) is 39.1 Å². The van der Waals surface area contributed by atoms with Gasteiger partial charge in [0.15, 0.2) is 0 Å². The summed E-state index contributed by atoms with van der Waals surface area (Å²) in [4.78, 5) is 2.24. The van der Waals surface area contributed by atoms with Gasteiger partial charge < -0.3 is 10.2 Å². The number of anilines is 1. The Morgan fingerprint density at radius 2 is 1.19 bits per heavy atom. The van der Waals surface area contributed by atoms with Crippen molar-refractivity contribution in [3.8, 4) is 33.4 Å². The molecule has 2 atom stereocenters. The van der Waals surface area contributed by atoms with Gasteiger partial charge in [-0.2, -0.15) is 0 Å². The summed E-state index contributed by atoms with van der Waals surface area (Å²) in [5.74, 6) is 0.558. The highest BCUT2D eigenvalue weighted by Crippen LogP contribution is 2.44. The normalized spacial score (nSPS) is 17.6. The standard InChI is InChI=1S/C50H59N3/c1-12-13-27-50(11)32-53(35(4)51)47(52-46-33(2)15-14-16-34(46)3)44-31-38(21-26-45(44)50)41-29-39(36-17-22-42(23-18-36)48(5,6)7)28-40(30-41)37-19-24-43(25-20-37)49(8,9)10/h13-31,47,51-52H,12,32H2,1-11H3/b27-13-,51-35?. The van der Waals surface area contributed by atoms with Gasteiger partial charge in [-0.1, -0.05) is 146 Å². The monoisotopic (exact) mass is 701 g/mol. The molecule has 3 nitrogen and oxygen atoms in total. The van der Waals surface area contributed by atoms with E-state index in [2.05, 4.69) is 195 Å². The Labute approximate surface area is 319 Å². The van der Waals surface area contributed by atoms with Gasteiger partial charge in [0.2, 0.25) is 0 Å². The van der Waals surface area contributed by atoms with E-state index in [1.807, 2.05) is 6.92 Å². The van der Waals surface area contributed by atoms with Crippen LogP contribution in [0.2, 0.25) is 0 Å². The van der Waals surface area contributed by atoms with Crippen LogP contribution in [0.3, 0.4) is 0 Å². The SMILES string of the molecule is CC/C=C\C1(C)CN(C(C)=N)C(Nc2c(C)cccc2C)c2cc(-c3cc(-c4ccc(C(C)(C)C)cc4)cc(-c4ccc(C(C)(C)C)cc4)c3)ccc21. The Kier molecular flexibility index (Phi) is 10.4. The number of benzene rings is 5. The summed E-state index contributed by atoms with van der Waals surface area (Å²) in [7, 11) is 0. The zero-order chi connectivity index (χ0) is 38.3. The number of rotatable bonds is 7. The number of nitrogens with one attached hydrogen (secondary N) is 2. The number of nitrogens with zero attached hydrogens (tertiary/aromatic N) is 1. The Balaban J connectivity index is 1.56. The number of aryl methyl sites for hydroxylation is 2. The number of hydrogen-bond acceptors (Lipinski definition) is 2. The molecule has 5 aromatic rings. The van der Waals surface area contributed by atoms with Crippen LogP contribution in [0.25, 0.3) is 33.4 Å². The van der Waals surface area contributed by atoms with Gasteiger partial charge in [0.25, 0.3) is 0 Å². The summed E-state index contributed by atoms with van der Waals surface area (Å²) < 4.78 is 0. The first-order chi connectivity index (χ1) is 25.0. The second-order valence-electron chi connectivity index (χ2n) is 17.5. The number of para-hydroxylation sites is 1. The molecule has 0 amide bonds. The van der Waals surface area contributed by atoms with E-state index in [1.165, 1.54) is 66.8 Å². The molecule has 0 aromatic heterocycles. The first-order valence-electron chi connectivity index (χ1n) is 19.3. The van der Waals surface area contributed by atoms with Crippen molar-refractivity contribution in [3.05, 3.63) is 149 Å². The molecule has 3 heteroatoms. The van der Waals surface area contributed by atoms with Gasteiger partial charge in [-0.3, -0.25) is 5.41 Å². The summed E-state index contributed by atoms with van der Waals surface area (Å²) in [6.07, 6.45) is 5.42. The van der Waals surface area contributed by atoms with Crippen LogP contribution in [0, 0.1) is 19.3 Å². The van der Waals surface area contributed by atoms with E-state index >= 15 is 0 Å². The fourth-order valence-electron chi connectivity index (χ4n) is 7.81. The quantitative estimate of drug-likeness (QED) is 0.101. The van der Waals surface area contributed by atoms with Gasteiger partial charge >= 0.3 is 0 Å². The second kappa shape index (κ2) is 14.5. The van der Waals surface area contributed by atoms with Crippen molar-refractivity contribution in [3.63, 3.8) is 0 Å². The third-order valence-corrected chi connectivity index (χ3v) is 11.1. The van der Waals surface area contributed by atoms with E-state index in [0.717, 1.165) is 18.7 Å². The zero-order valence-corrected chi connectivity index (χ0v) is 33.9. The van der Waals surface area contributed by atoms with Crippen molar-refractivity contribution in [2.24, 2.45) is 0 Å². The molecule has 0 aliphatic carbocycles. The fraction of sp³-hybridized carbons (Fsp3) is 0.340. The van der Waals surface area contributed by atoms with Crippen molar-refractivity contribution in [1.82, 2.24) is 4.90 Å². The average Bonchev–Trinajstić information content (AvgIpc) is 3.12. The minimum Gasteiger partial charge on any atom is -0.361 e. The van der Waals surface area contributed by atoms with Crippen LogP contribution < -0.4 is 5.32 Å². The average molecular weight is 702 g/mol. The lowest BCUT2D eigenvalue weighted by atomic mass is 9.74. The van der Waals surface area contributed by atoms with Gasteiger partial charge in [-0.25, -0.2) is 0 Å². The molecule has 0 radical (unpaired) electrons. The lowest BCUT2D eigenvalue weighted by molar-refractivity contribution is 0.263. The molecular weight excluding hydrogens is 643 g/mol. The number of allylic oxidation sites excluding steroid dienone is 1. The highest BCUT2D eigenvalue weighted by Gasteiger charge is 2.40. The molecule has 6 rings (SSSR count). The van der Waals surface area contributed by atoms with Crippen molar-refractivity contribution in [2.75, 3.05) is 11.9 Å². The Hall–Kier alpha value is -4.89. The van der Waals surface area contributed by atoms with E-state index in [0.29, 0.717) is 5.84 Å². The van der Waals surface area contributed by atoms with E-state index in [4.69, 9.17) is 5.41 Å². The van der Waals surface area contributed by atoms with Gasteiger partial charge in [0.1, 0.15) is 6.17 Å². The van der Waals surface area contributed by atoms with Crippen LogP contribution >= 0.6 is 0 Å². The summed E-state index contributed by atoms with van der Waals surface area (Å²) >= 11 is 0. The molecule has 1 heterocycles. The van der Waals surface area contributed by atoms with Crippen molar-refractivity contribution in [2.45, 2.75) is 105 Å². The third-order valence-electron chi connectivity index (χ3n) is 11.1. The summed E-state index contributed by atoms with van der Waals surface area (Å²) in [5.41, 5.74) is 15.8. The molecule has 2 N–H and O–H groups in total. The molecule has 274 valence electrons. The minimum atomic E-state index is -0.248. The maximum Gasteiger partial charge on any atom is 0.127 e.